The zero-order chi connectivity index (χ0) is 19.2. The van der Waals surface area contributed by atoms with Crippen LogP contribution in [0.15, 0.2) is 54.1 Å². The van der Waals surface area contributed by atoms with Crippen LogP contribution in [0.2, 0.25) is 0 Å². The molecule has 3 N–H and O–H groups in total. The van der Waals surface area contributed by atoms with Gasteiger partial charge in [0.15, 0.2) is 0 Å². The molecular formula is C18H21N7OS. The summed E-state index contributed by atoms with van der Waals surface area (Å²) in [6.07, 6.45) is 5.10. The molecular weight excluding hydrogens is 362 g/mol. The molecule has 0 radical (unpaired) electrons. The van der Waals surface area contributed by atoms with Gasteiger partial charge in [-0.3, -0.25) is 14.8 Å². The third-order valence-electron chi connectivity index (χ3n) is 3.84. The van der Waals surface area contributed by atoms with Crippen LogP contribution in [0.5, 0.6) is 0 Å². The number of nitrogens with two attached hydrogens (primary N) is 1. The number of rotatable bonds is 7. The van der Waals surface area contributed by atoms with Crippen molar-refractivity contribution in [1.82, 2.24) is 30.2 Å². The molecule has 0 aliphatic rings. The van der Waals surface area contributed by atoms with Gasteiger partial charge in [0, 0.05) is 25.1 Å². The third kappa shape index (κ3) is 4.62. The van der Waals surface area contributed by atoms with E-state index in [1.807, 2.05) is 44.2 Å². The molecule has 140 valence electrons. The molecule has 1 unspecified atom stereocenters. The minimum absolute atomic E-state index is 0.0822. The highest BCUT2D eigenvalue weighted by Gasteiger charge is 2.26. The molecule has 27 heavy (non-hydrogen) atoms. The SMILES string of the molecule is CC(C)C(Sc1nnc(-c2ccccn2)n1N)C(=O)NCc1cccnc1. The molecule has 1 amide bonds. The van der Waals surface area contributed by atoms with Crippen molar-refractivity contribution < 1.29 is 4.79 Å². The Balaban J connectivity index is 1.71. The van der Waals surface area contributed by atoms with Crippen LogP contribution in [0.25, 0.3) is 11.5 Å². The Morgan fingerprint density at radius 2 is 2.07 bits per heavy atom. The van der Waals surface area contributed by atoms with Crippen LogP contribution in [0.4, 0.5) is 0 Å². The highest BCUT2D eigenvalue weighted by Crippen LogP contribution is 2.28. The quantitative estimate of drug-likeness (QED) is 0.473. The Hall–Kier alpha value is -2.94. The van der Waals surface area contributed by atoms with E-state index in [-0.39, 0.29) is 17.1 Å². The lowest BCUT2D eigenvalue weighted by molar-refractivity contribution is -0.121. The molecule has 0 saturated heterocycles. The Bertz CT molecular complexity index is 883. The topological polar surface area (TPSA) is 112 Å². The second-order valence-electron chi connectivity index (χ2n) is 6.25. The van der Waals surface area contributed by atoms with Crippen molar-refractivity contribution in [2.45, 2.75) is 30.8 Å². The normalized spacial score (nSPS) is 12.1. The first-order valence-electron chi connectivity index (χ1n) is 8.51. The second-order valence-corrected chi connectivity index (χ2v) is 7.36. The highest BCUT2D eigenvalue weighted by atomic mass is 32.2. The number of carbonyl (C=O) groups excluding carboxylic acids is 1. The molecule has 3 rings (SSSR count). The average molecular weight is 383 g/mol. The minimum atomic E-state index is -0.357. The van der Waals surface area contributed by atoms with Gasteiger partial charge in [-0.05, 0) is 29.7 Å². The first kappa shape index (κ1) is 18.8. The number of hydrogen-bond donors (Lipinski definition) is 2. The summed E-state index contributed by atoms with van der Waals surface area (Å²) in [6, 6.07) is 9.24. The Kier molecular flexibility index (Phi) is 6.02. The van der Waals surface area contributed by atoms with Gasteiger partial charge in [0.2, 0.25) is 16.9 Å². The summed E-state index contributed by atoms with van der Waals surface area (Å²) in [4.78, 5) is 21.0. The maximum Gasteiger partial charge on any atom is 0.234 e. The summed E-state index contributed by atoms with van der Waals surface area (Å²) < 4.78 is 1.37. The van der Waals surface area contributed by atoms with Crippen molar-refractivity contribution in [1.29, 1.82) is 0 Å². The van der Waals surface area contributed by atoms with Crippen LogP contribution >= 0.6 is 11.8 Å². The van der Waals surface area contributed by atoms with Crippen LogP contribution in [-0.2, 0) is 11.3 Å². The van der Waals surface area contributed by atoms with E-state index in [1.165, 1.54) is 16.4 Å². The number of amides is 1. The number of pyridine rings is 2. The second kappa shape index (κ2) is 8.63. The van der Waals surface area contributed by atoms with Gasteiger partial charge in [-0.1, -0.05) is 37.7 Å². The Morgan fingerprint density at radius 1 is 1.22 bits per heavy atom. The molecule has 1 atom stereocenters. The molecule has 0 saturated carbocycles. The number of nitrogen functional groups attached to an aromatic ring is 1. The van der Waals surface area contributed by atoms with E-state index in [0.29, 0.717) is 23.2 Å². The van der Waals surface area contributed by atoms with Gasteiger partial charge in [-0.2, -0.15) is 0 Å². The fourth-order valence-electron chi connectivity index (χ4n) is 2.43. The van der Waals surface area contributed by atoms with E-state index in [1.54, 1.807) is 18.6 Å². The van der Waals surface area contributed by atoms with Crippen LogP contribution in [0.1, 0.15) is 19.4 Å². The third-order valence-corrected chi connectivity index (χ3v) is 5.35. The Morgan fingerprint density at radius 3 is 2.74 bits per heavy atom. The molecule has 9 heteroatoms. The largest absolute Gasteiger partial charge is 0.351 e. The number of carbonyl (C=O) groups is 1. The van der Waals surface area contributed by atoms with E-state index in [2.05, 4.69) is 25.5 Å². The van der Waals surface area contributed by atoms with Crippen molar-refractivity contribution in [3.8, 4) is 11.5 Å². The summed E-state index contributed by atoms with van der Waals surface area (Å²) in [5.41, 5.74) is 1.57. The summed E-state index contributed by atoms with van der Waals surface area (Å²) in [6.45, 7) is 4.39. The van der Waals surface area contributed by atoms with Crippen LogP contribution < -0.4 is 11.2 Å². The number of thioether (sulfide) groups is 1. The first-order chi connectivity index (χ1) is 13.1. The van der Waals surface area contributed by atoms with Crippen LogP contribution in [0.3, 0.4) is 0 Å². The van der Waals surface area contributed by atoms with Gasteiger partial charge in [-0.25, -0.2) is 4.68 Å². The standard InChI is InChI=1S/C18H21N7OS/c1-12(2)15(17(26)22-11-13-6-5-8-20-10-13)27-18-24-23-16(25(18)19)14-7-3-4-9-21-14/h3-10,12,15H,11,19H2,1-2H3,(H,22,26). The van der Waals surface area contributed by atoms with Crippen LogP contribution in [-0.4, -0.2) is 36.0 Å². The van der Waals surface area contributed by atoms with Crippen molar-refractivity contribution in [2.75, 3.05) is 5.84 Å². The van der Waals surface area contributed by atoms with Gasteiger partial charge in [-0.15, -0.1) is 10.2 Å². The van der Waals surface area contributed by atoms with Crippen LogP contribution in [0, 0.1) is 5.92 Å². The lowest BCUT2D eigenvalue weighted by Crippen LogP contribution is -2.35. The fraction of sp³-hybridized carbons (Fsp3) is 0.278. The zero-order valence-corrected chi connectivity index (χ0v) is 15.9. The fourth-order valence-corrected chi connectivity index (χ4v) is 3.40. The maximum atomic E-state index is 12.7. The van der Waals surface area contributed by atoms with Crippen molar-refractivity contribution in [2.24, 2.45) is 5.92 Å². The molecule has 0 spiro atoms. The first-order valence-corrected chi connectivity index (χ1v) is 9.39. The minimum Gasteiger partial charge on any atom is -0.351 e. The summed E-state index contributed by atoms with van der Waals surface area (Å²) in [5.74, 6) is 6.59. The van der Waals surface area contributed by atoms with Gasteiger partial charge >= 0.3 is 0 Å². The molecule has 3 aromatic heterocycles. The highest BCUT2D eigenvalue weighted by molar-refractivity contribution is 8.00. The number of hydrogen-bond acceptors (Lipinski definition) is 7. The lowest BCUT2D eigenvalue weighted by atomic mass is 10.1. The lowest BCUT2D eigenvalue weighted by Gasteiger charge is -2.19. The number of aromatic nitrogens is 5. The van der Waals surface area contributed by atoms with E-state index in [9.17, 15) is 4.79 Å². The molecule has 0 aliphatic heterocycles. The Labute approximate surface area is 161 Å². The molecule has 3 aromatic rings. The van der Waals surface area contributed by atoms with Crippen molar-refractivity contribution in [3.63, 3.8) is 0 Å². The maximum absolute atomic E-state index is 12.7. The monoisotopic (exact) mass is 383 g/mol. The molecule has 0 fully saturated rings. The summed E-state index contributed by atoms with van der Waals surface area (Å²) in [5, 5.41) is 11.3. The predicted molar refractivity (Wildman–Crippen MR) is 104 cm³/mol. The summed E-state index contributed by atoms with van der Waals surface area (Å²) in [7, 11) is 0. The van der Waals surface area contributed by atoms with E-state index < -0.39 is 0 Å². The average Bonchev–Trinajstić information content (AvgIpc) is 3.05. The van der Waals surface area contributed by atoms with Gasteiger partial charge < -0.3 is 11.2 Å². The molecule has 8 nitrogen and oxygen atoms in total. The molecule has 0 aromatic carbocycles. The molecule has 0 aliphatic carbocycles. The molecule has 3 heterocycles. The van der Waals surface area contributed by atoms with Crippen molar-refractivity contribution in [3.05, 3.63) is 54.5 Å². The predicted octanol–water partition coefficient (Wildman–Crippen LogP) is 1.88. The smallest absolute Gasteiger partial charge is 0.234 e. The molecule has 0 bridgehead atoms. The van der Waals surface area contributed by atoms with Gasteiger partial charge in [0.25, 0.3) is 0 Å². The van der Waals surface area contributed by atoms with Gasteiger partial charge in [0.05, 0.1) is 5.25 Å². The van der Waals surface area contributed by atoms with Crippen molar-refractivity contribution >= 4 is 17.7 Å². The van der Waals surface area contributed by atoms with E-state index in [0.717, 1.165) is 5.56 Å². The van der Waals surface area contributed by atoms with Gasteiger partial charge in [0.1, 0.15) is 5.69 Å². The summed E-state index contributed by atoms with van der Waals surface area (Å²) >= 11 is 1.29. The number of nitrogens with zero attached hydrogens (tertiary/aromatic N) is 5. The number of nitrogens with one attached hydrogen (secondary N) is 1. The zero-order valence-electron chi connectivity index (χ0n) is 15.1. The van der Waals surface area contributed by atoms with E-state index >= 15 is 0 Å². The van der Waals surface area contributed by atoms with E-state index in [4.69, 9.17) is 5.84 Å².